The number of carboxylic acids is 1. The predicted octanol–water partition coefficient (Wildman–Crippen LogP) is 2.40. The van der Waals surface area contributed by atoms with Gasteiger partial charge in [-0.15, -0.1) is 0 Å². The molecule has 2 aromatic rings. The first-order valence-electron chi connectivity index (χ1n) is 4.78. The van der Waals surface area contributed by atoms with Crippen molar-refractivity contribution in [2.75, 3.05) is 0 Å². The molecule has 2 rings (SSSR count). The molecule has 0 saturated carbocycles. The quantitative estimate of drug-likeness (QED) is 0.947. The van der Waals surface area contributed by atoms with Gasteiger partial charge in [-0.3, -0.25) is 4.79 Å². The predicted molar refractivity (Wildman–Crippen MR) is 62.6 cm³/mol. The summed E-state index contributed by atoms with van der Waals surface area (Å²) in [4.78, 5) is 10.6. The van der Waals surface area contributed by atoms with Crippen LogP contribution in [0.2, 0.25) is 0 Å². The summed E-state index contributed by atoms with van der Waals surface area (Å²) in [6.45, 7) is 0. The van der Waals surface area contributed by atoms with Crippen LogP contribution in [0.1, 0.15) is 5.69 Å². The molecule has 4 nitrogen and oxygen atoms in total. The van der Waals surface area contributed by atoms with Crippen LogP contribution < -0.4 is 0 Å². The van der Waals surface area contributed by atoms with Crippen LogP contribution in [0.5, 0.6) is 0 Å². The number of nitrogens with zero attached hydrogens (tertiary/aromatic N) is 2. The summed E-state index contributed by atoms with van der Waals surface area (Å²) >= 11 is 3.22. The lowest BCUT2D eigenvalue weighted by atomic mass is 10.3. The lowest BCUT2D eigenvalue weighted by molar-refractivity contribution is -0.136. The number of hydrogen-bond acceptors (Lipinski definition) is 2. The highest BCUT2D eigenvalue weighted by atomic mass is 79.9. The number of aliphatic carboxylic acids is 1. The van der Waals surface area contributed by atoms with E-state index in [0.29, 0.717) is 15.9 Å². The maximum Gasteiger partial charge on any atom is 0.309 e. The molecule has 1 heterocycles. The molecule has 1 aromatic heterocycles. The molecule has 1 aromatic carbocycles. The monoisotopic (exact) mass is 298 g/mol. The minimum absolute atomic E-state index is 0.178. The fraction of sp³-hybridized carbons (Fsp3) is 0.0909. The van der Waals surface area contributed by atoms with Crippen LogP contribution in [0.15, 0.2) is 34.9 Å². The van der Waals surface area contributed by atoms with E-state index in [9.17, 15) is 9.18 Å². The Labute approximate surface area is 105 Å². The lowest BCUT2D eigenvalue weighted by Crippen LogP contribution is -2.03. The second-order valence-corrected chi connectivity index (χ2v) is 4.27. The maximum atomic E-state index is 13.0. The molecule has 0 bridgehead atoms. The topological polar surface area (TPSA) is 55.1 Å². The Balaban J connectivity index is 2.37. The maximum absolute atomic E-state index is 13.0. The lowest BCUT2D eigenvalue weighted by Gasteiger charge is -2.00. The van der Waals surface area contributed by atoms with Crippen molar-refractivity contribution in [2.24, 2.45) is 0 Å². The van der Waals surface area contributed by atoms with Crippen LogP contribution in [-0.4, -0.2) is 20.9 Å². The van der Waals surface area contributed by atoms with Gasteiger partial charge in [-0.25, -0.2) is 9.07 Å². The Hall–Kier alpha value is -1.69. The Bertz CT molecular complexity index is 568. The van der Waals surface area contributed by atoms with Gasteiger partial charge in [0.1, 0.15) is 5.82 Å². The van der Waals surface area contributed by atoms with E-state index < -0.39 is 5.97 Å². The molecule has 0 aliphatic rings. The summed E-state index contributed by atoms with van der Waals surface area (Å²) in [5.74, 6) is -1.33. The van der Waals surface area contributed by atoms with Crippen molar-refractivity contribution >= 4 is 21.9 Å². The average molecular weight is 299 g/mol. The van der Waals surface area contributed by atoms with Gasteiger partial charge in [0.15, 0.2) is 0 Å². The van der Waals surface area contributed by atoms with Crippen molar-refractivity contribution in [2.45, 2.75) is 6.42 Å². The highest BCUT2D eigenvalue weighted by Gasteiger charge is 2.11. The minimum atomic E-state index is -0.963. The normalized spacial score (nSPS) is 10.5. The van der Waals surface area contributed by atoms with E-state index in [-0.39, 0.29) is 12.2 Å². The van der Waals surface area contributed by atoms with Crippen molar-refractivity contribution in [1.82, 2.24) is 9.78 Å². The van der Waals surface area contributed by atoms with Crippen LogP contribution in [0.4, 0.5) is 4.39 Å². The highest BCUT2D eigenvalue weighted by molar-refractivity contribution is 9.10. The number of halogens is 2. The number of carboxylic acid groups (broad SMARTS) is 1. The molecule has 0 aliphatic carbocycles. The van der Waals surface area contributed by atoms with Gasteiger partial charge in [0, 0.05) is 6.20 Å². The van der Waals surface area contributed by atoms with Crippen LogP contribution >= 0.6 is 15.9 Å². The zero-order valence-corrected chi connectivity index (χ0v) is 10.2. The summed E-state index contributed by atoms with van der Waals surface area (Å²) in [6.07, 6.45) is 1.43. The minimum Gasteiger partial charge on any atom is -0.481 e. The number of hydrogen-bond donors (Lipinski definition) is 1. The van der Waals surface area contributed by atoms with Gasteiger partial charge in [-0.2, -0.15) is 5.10 Å². The van der Waals surface area contributed by atoms with E-state index in [0.717, 1.165) is 0 Å². The Kier molecular flexibility index (Phi) is 3.23. The van der Waals surface area contributed by atoms with Gasteiger partial charge in [0.25, 0.3) is 0 Å². The molecule has 0 amide bonds. The molecule has 0 spiro atoms. The largest absolute Gasteiger partial charge is 0.481 e. The molecule has 0 saturated heterocycles. The Morgan fingerprint density at radius 3 is 2.94 bits per heavy atom. The van der Waals surface area contributed by atoms with Gasteiger partial charge in [-0.1, -0.05) is 6.07 Å². The molecule has 1 N–H and O–H groups in total. The van der Waals surface area contributed by atoms with Crippen LogP contribution in [0, 0.1) is 5.82 Å². The molecule has 0 radical (unpaired) electrons. The van der Waals surface area contributed by atoms with E-state index >= 15 is 0 Å². The molecular weight excluding hydrogens is 291 g/mol. The zero-order chi connectivity index (χ0) is 12.4. The molecule has 0 atom stereocenters. The fourth-order valence-corrected chi connectivity index (χ4v) is 1.82. The summed E-state index contributed by atoms with van der Waals surface area (Å²) in [5, 5.41) is 12.8. The number of carbonyl (C=O) groups is 1. The van der Waals surface area contributed by atoms with E-state index in [1.165, 1.54) is 16.8 Å². The molecule has 0 aliphatic heterocycles. The third-order valence-electron chi connectivity index (χ3n) is 2.13. The van der Waals surface area contributed by atoms with Crippen molar-refractivity contribution in [3.05, 3.63) is 46.4 Å². The van der Waals surface area contributed by atoms with Crippen molar-refractivity contribution in [3.8, 4) is 5.69 Å². The Morgan fingerprint density at radius 1 is 1.53 bits per heavy atom. The van der Waals surface area contributed by atoms with E-state index in [4.69, 9.17) is 5.11 Å². The Morgan fingerprint density at radius 2 is 2.29 bits per heavy atom. The van der Waals surface area contributed by atoms with Crippen LogP contribution in [-0.2, 0) is 11.2 Å². The summed E-state index contributed by atoms with van der Waals surface area (Å²) in [5.41, 5.74) is 0.948. The van der Waals surface area contributed by atoms with E-state index in [2.05, 4.69) is 21.0 Å². The smallest absolute Gasteiger partial charge is 0.309 e. The third kappa shape index (κ3) is 2.71. The summed E-state index contributed by atoms with van der Waals surface area (Å²) in [7, 11) is 0. The van der Waals surface area contributed by atoms with Crippen LogP contribution in [0.25, 0.3) is 5.69 Å². The molecule has 6 heteroatoms. The second kappa shape index (κ2) is 4.67. The first-order chi connectivity index (χ1) is 8.06. The zero-order valence-electron chi connectivity index (χ0n) is 8.60. The molecule has 17 heavy (non-hydrogen) atoms. The summed E-state index contributed by atoms with van der Waals surface area (Å²) < 4.78 is 15.0. The average Bonchev–Trinajstić information content (AvgIpc) is 2.59. The number of benzene rings is 1. The first-order valence-corrected chi connectivity index (χ1v) is 5.57. The van der Waals surface area contributed by atoms with Crippen molar-refractivity contribution < 1.29 is 14.3 Å². The standard InChI is InChI=1S/C11H8BrFN2O2/c12-9-6-15(14-10(9)5-11(16)17)8-3-1-2-7(13)4-8/h1-4,6H,5H2,(H,16,17). The van der Waals surface area contributed by atoms with Gasteiger partial charge in [-0.05, 0) is 34.1 Å². The van der Waals surface area contributed by atoms with E-state index in [1.54, 1.807) is 18.3 Å². The van der Waals surface area contributed by atoms with Gasteiger partial charge >= 0.3 is 5.97 Å². The van der Waals surface area contributed by atoms with Gasteiger partial charge in [0.05, 0.1) is 22.3 Å². The van der Waals surface area contributed by atoms with Crippen molar-refractivity contribution in [3.63, 3.8) is 0 Å². The number of aromatic nitrogens is 2. The van der Waals surface area contributed by atoms with E-state index in [1.807, 2.05) is 0 Å². The SMILES string of the molecule is O=C(O)Cc1nn(-c2cccc(F)c2)cc1Br. The molecule has 88 valence electrons. The van der Waals surface area contributed by atoms with Gasteiger partial charge < -0.3 is 5.11 Å². The summed E-state index contributed by atoms with van der Waals surface area (Å²) in [6, 6.07) is 5.91. The number of rotatable bonds is 3. The first kappa shape index (κ1) is 11.8. The highest BCUT2D eigenvalue weighted by Crippen LogP contribution is 2.18. The molecule has 0 fully saturated rings. The fourth-order valence-electron chi connectivity index (χ4n) is 1.40. The van der Waals surface area contributed by atoms with Crippen LogP contribution in [0.3, 0.4) is 0 Å². The second-order valence-electron chi connectivity index (χ2n) is 3.42. The molecule has 0 unspecified atom stereocenters. The van der Waals surface area contributed by atoms with Crippen molar-refractivity contribution in [1.29, 1.82) is 0 Å². The third-order valence-corrected chi connectivity index (χ3v) is 2.79. The van der Waals surface area contributed by atoms with Gasteiger partial charge in [0.2, 0.25) is 0 Å². The molecular formula is C11H8BrFN2O2.